The summed E-state index contributed by atoms with van der Waals surface area (Å²) >= 11 is 0. The van der Waals surface area contributed by atoms with Crippen molar-refractivity contribution in [3.63, 3.8) is 0 Å². The lowest BCUT2D eigenvalue weighted by Gasteiger charge is -2.42. The van der Waals surface area contributed by atoms with Crippen LogP contribution in [0.4, 0.5) is 25.1 Å². The second-order valence-electron chi connectivity index (χ2n) is 9.02. The highest BCUT2D eigenvalue weighted by Gasteiger charge is 2.40. The SMILES string of the molecule is Cc1ccc(-c2nc3nc(N4CCC[C@H]4C(=O)N4CCN(CC(F)(F)F)C[C@H]4C)nc(N)n3n2)o1. The van der Waals surface area contributed by atoms with E-state index < -0.39 is 18.8 Å². The summed E-state index contributed by atoms with van der Waals surface area (Å²) in [5.74, 6) is 1.92. The number of nitrogens with zero attached hydrogens (tertiary/aromatic N) is 8. The molecule has 0 aliphatic carbocycles. The van der Waals surface area contributed by atoms with E-state index in [2.05, 4.69) is 20.1 Å². The monoisotopic (exact) mass is 493 g/mol. The third kappa shape index (κ3) is 4.61. The van der Waals surface area contributed by atoms with Crippen molar-refractivity contribution >= 4 is 23.6 Å². The highest BCUT2D eigenvalue weighted by molar-refractivity contribution is 5.86. The Morgan fingerprint density at radius 1 is 1.20 bits per heavy atom. The number of carbonyl (C=O) groups excluding carboxylic acids is 1. The molecule has 2 atom stereocenters. The summed E-state index contributed by atoms with van der Waals surface area (Å²) in [5.41, 5.74) is 6.13. The number of rotatable bonds is 4. The maximum atomic E-state index is 13.4. The largest absolute Gasteiger partial charge is 0.458 e. The molecule has 11 nitrogen and oxygen atoms in total. The Kier molecular flexibility index (Phi) is 5.77. The number of piperazine rings is 1. The third-order valence-electron chi connectivity index (χ3n) is 6.37. The van der Waals surface area contributed by atoms with Gasteiger partial charge in [0.25, 0.3) is 5.78 Å². The molecule has 2 fully saturated rings. The Labute approximate surface area is 198 Å². The average Bonchev–Trinajstić information content (AvgIpc) is 3.51. The maximum absolute atomic E-state index is 13.4. The van der Waals surface area contributed by atoms with Gasteiger partial charge in [0, 0.05) is 32.2 Å². The van der Waals surface area contributed by atoms with Crippen LogP contribution < -0.4 is 10.6 Å². The fraction of sp³-hybridized carbons (Fsp3) is 0.571. The number of anilines is 2. The normalized spacial score (nSPS) is 21.9. The van der Waals surface area contributed by atoms with Crippen LogP contribution >= 0.6 is 0 Å². The molecule has 0 radical (unpaired) electrons. The topological polar surface area (TPSA) is 122 Å². The Bertz CT molecular complexity index is 1240. The second kappa shape index (κ2) is 8.66. The summed E-state index contributed by atoms with van der Waals surface area (Å²) in [4.78, 5) is 31.5. The van der Waals surface area contributed by atoms with Gasteiger partial charge in [-0.15, -0.1) is 5.10 Å². The van der Waals surface area contributed by atoms with E-state index in [-0.39, 0.29) is 49.3 Å². The number of halogens is 3. The smallest absolute Gasteiger partial charge is 0.401 e. The molecule has 0 aromatic carbocycles. The van der Waals surface area contributed by atoms with Gasteiger partial charge in [0.2, 0.25) is 23.6 Å². The summed E-state index contributed by atoms with van der Waals surface area (Å²) in [6, 6.07) is 2.68. The van der Waals surface area contributed by atoms with Crippen molar-refractivity contribution in [3.05, 3.63) is 17.9 Å². The van der Waals surface area contributed by atoms with Crippen LogP contribution in [0.2, 0.25) is 0 Å². The average molecular weight is 493 g/mol. The molecule has 0 unspecified atom stereocenters. The van der Waals surface area contributed by atoms with Crippen LogP contribution in [0.3, 0.4) is 0 Å². The van der Waals surface area contributed by atoms with Gasteiger partial charge >= 0.3 is 6.18 Å². The number of hydrogen-bond donors (Lipinski definition) is 1. The Balaban J connectivity index is 1.35. The first-order valence-electron chi connectivity index (χ1n) is 11.4. The molecular formula is C21H26F3N9O2. The molecule has 188 valence electrons. The summed E-state index contributed by atoms with van der Waals surface area (Å²) < 4.78 is 45.2. The number of hydrogen-bond acceptors (Lipinski definition) is 9. The zero-order valence-corrected chi connectivity index (χ0v) is 19.4. The van der Waals surface area contributed by atoms with Crippen molar-refractivity contribution in [2.75, 3.05) is 43.4 Å². The Hall–Kier alpha value is -3.42. The van der Waals surface area contributed by atoms with Gasteiger partial charge in [-0.2, -0.15) is 32.6 Å². The predicted octanol–water partition coefficient (Wildman–Crippen LogP) is 1.73. The number of amides is 1. The van der Waals surface area contributed by atoms with Gasteiger partial charge in [-0.1, -0.05) is 0 Å². The highest BCUT2D eigenvalue weighted by atomic mass is 19.4. The van der Waals surface area contributed by atoms with Crippen LogP contribution in [0.25, 0.3) is 17.4 Å². The number of fused-ring (bicyclic) bond motifs is 1. The van der Waals surface area contributed by atoms with Gasteiger partial charge < -0.3 is 20.0 Å². The number of nitrogen functional groups attached to an aromatic ring is 1. The lowest BCUT2D eigenvalue weighted by Crippen LogP contribution is -2.59. The standard InChI is InChI=1S/C21H26F3N9O2/c1-12-10-30(11-21(22,23)24)8-9-31(12)17(34)14-4-3-7-32(14)19-27-18(25)33-20(28-19)26-16(29-33)15-6-5-13(2)35-15/h5-6,12,14H,3-4,7-11H2,1-2H3,(H2,25,26,27,28,29)/t12-,14+/m1/s1. The lowest BCUT2D eigenvalue weighted by atomic mass is 10.1. The number of aromatic nitrogens is 5. The van der Waals surface area contributed by atoms with E-state index >= 15 is 0 Å². The van der Waals surface area contributed by atoms with Gasteiger partial charge in [0.05, 0.1) is 6.54 Å². The molecule has 1 amide bonds. The van der Waals surface area contributed by atoms with Crippen LogP contribution in [-0.2, 0) is 4.79 Å². The van der Waals surface area contributed by atoms with Gasteiger partial charge in [0.15, 0.2) is 5.76 Å². The zero-order valence-electron chi connectivity index (χ0n) is 19.4. The second-order valence-corrected chi connectivity index (χ2v) is 9.02. The molecule has 2 aliphatic heterocycles. The molecule has 0 spiro atoms. The van der Waals surface area contributed by atoms with Gasteiger partial charge in [-0.05, 0) is 38.8 Å². The van der Waals surface area contributed by atoms with Crippen molar-refractivity contribution < 1.29 is 22.4 Å². The van der Waals surface area contributed by atoms with Crippen LogP contribution in [0, 0.1) is 6.92 Å². The predicted molar refractivity (Wildman–Crippen MR) is 119 cm³/mol. The van der Waals surface area contributed by atoms with Crippen molar-refractivity contribution in [1.29, 1.82) is 0 Å². The van der Waals surface area contributed by atoms with E-state index in [4.69, 9.17) is 10.2 Å². The third-order valence-corrected chi connectivity index (χ3v) is 6.37. The van der Waals surface area contributed by atoms with E-state index in [1.54, 1.807) is 28.9 Å². The Morgan fingerprint density at radius 2 is 2.00 bits per heavy atom. The molecule has 0 bridgehead atoms. The van der Waals surface area contributed by atoms with Crippen molar-refractivity contribution in [1.82, 2.24) is 34.4 Å². The molecule has 35 heavy (non-hydrogen) atoms. The van der Waals surface area contributed by atoms with E-state index in [1.807, 2.05) is 6.92 Å². The summed E-state index contributed by atoms with van der Waals surface area (Å²) in [5, 5.41) is 4.32. The number of furan rings is 1. The Morgan fingerprint density at radius 3 is 2.69 bits per heavy atom. The first-order chi connectivity index (χ1) is 16.6. The van der Waals surface area contributed by atoms with E-state index in [0.717, 1.165) is 6.42 Å². The van der Waals surface area contributed by atoms with E-state index in [0.29, 0.717) is 30.3 Å². The van der Waals surface area contributed by atoms with Crippen LogP contribution in [0.5, 0.6) is 0 Å². The molecule has 14 heteroatoms. The molecule has 5 rings (SSSR count). The molecule has 0 saturated carbocycles. The summed E-state index contributed by atoms with van der Waals surface area (Å²) in [6.45, 7) is 3.74. The van der Waals surface area contributed by atoms with Crippen molar-refractivity contribution in [2.45, 2.75) is 44.9 Å². The molecule has 2 N–H and O–H groups in total. The van der Waals surface area contributed by atoms with Crippen molar-refractivity contribution in [3.8, 4) is 11.6 Å². The molecule has 3 aromatic heterocycles. The maximum Gasteiger partial charge on any atom is 0.401 e. The minimum Gasteiger partial charge on any atom is -0.458 e. The summed E-state index contributed by atoms with van der Waals surface area (Å²) in [6.07, 6.45) is -2.93. The fourth-order valence-corrected chi connectivity index (χ4v) is 4.79. The number of alkyl halides is 3. The number of aryl methyl sites for hydroxylation is 1. The molecule has 5 heterocycles. The molecular weight excluding hydrogens is 467 g/mol. The fourth-order valence-electron chi connectivity index (χ4n) is 4.79. The molecule has 2 aliphatic rings. The summed E-state index contributed by atoms with van der Waals surface area (Å²) in [7, 11) is 0. The van der Waals surface area contributed by atoms with Gasteiger partial charge in [0.1, 0.15) is 11.8 Å². The highest BCUT2D eigenvalue weighted by Crippen LogP contribution is 2.28. The number of carbonyl (C=O) groups is 1. The van der Waals surface area contributed by atoms with E-state index in [1.165, 1.54) is 9.42 Å². The quantitative estimate of drug-likeness (QED) is 0.579. The lowest BCUT2D eigenvalue weighted by molar-refractivity contribution is -0.155. The zero-order chi connectivity index (χ0) is 24.9. The minimum absolute atomic E-state index is 0.0688. The van der Waals surface area contributed by atoms with Crippen molar-refractivity contribution in [2.24, 2.45) is 0 Å². The van der Waals surface area contributed by atoms with Crippen LogP contribution in [0.15, 0.2) is 16.5 Å². The molecule has 2 saturated heterocycles. The van der Waals surface area contributed by atoms with Crippen LogP contribution in [-0.4, -0.2) is 91.3 Å². The minimum atomic E-state index is -4.26. The number of nitrogens with two attached hydrogens (primary N) is 1. The van der Waals surface area contributed by atoms with Gasteiger partial charge in [-0.3, -0.25) is 9.69 Å². The van der Waals surface area contributed by atoms with Crippen LogP contribution in [0.1, 0.15) is 25.5 Å². The first-order valence-corrected chi connectivity index (χ1v) is 11.4. The van der Waals surface area contributed by atoms with E-state index in [9.17, 15) is 18.0 Å². The van der Waals surface area contributed by atoms with Gasteiger partial charge in [-0.25, -0.2) is 0 Å². The first kappa shape index (κ1) is 23.3. The molecule has 3 aromatic rings.